The predicted octanol–water partition coefficient (Wildman–Crippen LogP) is 6.04. The average molecular weight is 429 g/mol. The fraction of sp³-hybridized carbons (Fsp3) is 0.920. The van der Waals surface area contributed by atoms with Crippen molar-refractivity contribution in [3.8, 4) is 0 Å². The van der Waals surface area contributed by atoms with Crippen molar-refractivity contribution in [2.45, 2.75) is 116 Å². The SMILES string of the molecule is CCCCCCCCCCCOC(=O)C[C@H](C[N+](C)(C)C)OC(=O)CCCCCC. The lowest BCUT2D eigenvalue weighted by atomic mass is 10.1. The van der Waals surface area contributed by atoms with E-state index >= 15 is 0 Å². The number of rotatable bonds is 20. The maximum Gasteiger partial charge on any atom is 0.309 e. The van der Waals surface area contributed by atoms with E-state index in [0.29, 0.717) is 24.1 Å². The molecule has 5 nitrogen and oxygen atoms in total. The van der Waals surface area contributed by atoms with Crippen molar-refractivity contribution in [3.63, 3.8) is 0 Å². The minimum absolute atomic E-state index is 0.146. The zero-order valence-electron chi connectivity index (χ0n) is 20.7. The number of hydrogen-bond acceptors (Lipinski definition) is 4. The van der Waals surface area contributed by atoms with Gasteiger partial charge in [-0.05, 0) is 12.8 Å². The van der Waals surface area contributed by atoms with E-state index in [9.17, 15) is 9.59 Å². The molecule has 0 heterocycles. The lowest BCUT2D eigenvalue weighted by Gasteiger charge is -2.28. The molecule has 1 atom stereocenters. The van der Waals surface area contributed by atoms with Gasteiger partial charge in [0.15, 0.2) is 6.10 Å². The van der Waals surface area contributed by atoms with Gasteiger partial charge in [0.1, 0.15) is 6.54 Å². The monoisotopic (exact) mass is 428 g/mol. The van der Waals surface area contributed by atoms with Gasteiger partial charge in [-0.2, -0.15) is 0 Å². The molecule has 0 unspecified atom stereocenters. The van der Waals surface area contributed by atoms with Crippen molar-refractivity contribution >= 4 is 11.9 Å². The Balaban J connectivity index is 4.04. The molecule has 0 aromatic rings. The summed E-state index contributed by atoms with van der Waals surface area (Å²) >= 11 is 0. The Morgan fingerprint density at radius 3 is 1.73 bits per heavy atom. The number of likely N-dealkylation sites (N-methyl/N-ethyl adjacent to an activating group) is 1. The first-order valence-corrected chi connectivity index (χ1v) is 12.4. The van der Waals surface area contributed by atoms with Crippen LogP contribution in [0.3, 0.4) is 0 Å². The van der Waals surface area contributed by atoms with Crippen LogP contribution in [0.5, 0.6) is 0 Å². The number of carbonyl (C=O) groups excluding carboxylic acids is 2. The molecule has 0 bridgehead atoms. The Hall–Kier alpha value is -1.10. The molecular weight excluding hydrogens is 378 g/mol. The highest BCUT2D eigenvalue weighted by atomic mass is 16.6. The molecule has 0 spiro atoms. The van der Waals surface area contributed by atoms with E-state index in [-0.39, 0.29) is 18.4 Å². The van der Waals surface area contributed by atoms with Gasteiger partial charge in [0, 0.05) is 6.42 Å². The van der Waals surface area contributed by atoms with Gasteiger partial charge in [0.05, 0.1) is 34.2 Å². The smallest absolute Gasteiger partial charge is 0.309 e. The molecule has 0 rings (SSSR count). The molecule has 0 saturated heterocycles. The highest BCUT2D eigenvalue weighted by Crippen LogP contribution is 2.12. The third kappa shape index (κ3) is 20.2. The lowest BCUT2D eigenvalue weighted by molar-refractivity contribution is -0.873. The third-order valence-corrected chi connectivity index (χ3v) is 5.19. The Labute approximate surface area is 186 Å². The third-order valence-electron chi connectivity index (χ3n) is 5.19. The molecule has 0 aliphatic rings. The van der Waals surface area contributed by atoms with Crippen LogP contribution < -0.4 is 0 Å². The largest absolute Gasteiger partial charge is 0.466 e. The normalized spacial score (nSPS) is 12.6. The van der Waals surface area contributed by atoms with Gasteiger partial charge >= 0.3 is 11.9 Å². The van der Waals surface area contributed by atoms with Gasteiger partial charge < -0.3 is 14.0 Å². The number of carbonyl (C=O) groups is 2. The Morgan fingerprint density at radius 1 is 0.700 bits per heavy atom. The Morgan fingerprint density at radius 2 is 1.20 bits per heavy atom. The molecule has 0 radical (unpaired) electrons. The number of esters is 2. The van der Waals surface area contributed by atoms with Gasteiger partial charge in [-0.25, -0.2) is 0 Å². The van der Waals surface area contributed by atoms with Gasteiger partial charge in [0.2, 0.25) is 0 Å². The van der Waals surface area contributed by atoms with Gasteiger partial charge in [0.25, 0.3) is 0 Å². The van der Waals surface area contributed by atoms with E-state index in [0.717, 1.165) is 38.5 Å². The van der Waals surface area contributed by atoms with Crippen molar-refractivity contribution in [3.05, 3.63) is 0 Å². The summed E-state index contributed by atoms with van der Waals surface area (Å²) in [5.41, 5.74) is 0. The summed E-state index contributed by atoms with van der Waals surface area (Å²) in [6.07, 6.45) is 15.5. The summed E-state index contributed by atoms with van der Waals surface area (Å²) in [6, 6.07) is 0. The molecule has 0 saturated carbocycles. The topological polar surface area (TPSA) is 52.6 Å². The summed E-state index contributed by atoms with van der Waals surface area (Å²) in [6.45, 7) is 5.46. The van der Waals surface area contributed by atoms with Crippen molar-refractivity contribution in [1.82, 2.24) is 0 Å². The molecule has 0 aliphatic heterocycles. The van der Waals surface area contributed by atoms with Crippen LogP contribution in [0.15, 0.2) is 0 Å². The molecule has 178 valence electrons. The second-order valence-electron chi connectivity index (χ2n) is 9.65. The fourth-order valence-corrected chi connectivity index (χ4v) is 3.54. The predicted molar refractivity (Wildman–Crippen MR) is 124 cm³/mol. The number of quaternary nitrogens is 1. The minimum atomic E-state index is -0.417. The van der Waals surface area contributed by atoms with Crippen molar-refractivity contribution < 1.29 is 23.5 Å². The van der Waals surface area contributed by atoms with E-state index in [1.165, 1.54) is 44.9 Å². The lowest BCUT2D eigenvalue weighted by Crippen LogP contribution is -2.44. The summed E-state index contributed by atoms with van der Waals surface area (Å²) in [4.78, 5) is 24.4. The number of ether oxygens (including phenoxy) is 2. The number of hydrogen-bond donors (Lipinski definition) is 0. The van der Waals surface area contributed by atoms with Crippen LogP contribution in [0, 0.1) is 0 Å². The summed E-state index contributed by atoms with van der Waals surface area (Å²) in [7, 11) is 6.11. The highest BCUT2D eigenvalue weighted by molar-refractivity contribution is 5.72. The van der Waals surface area contributed by atoms with E-state index in [2.05, 4.69) is 13.8 Å². The molecule has 5 heteroatoms. The Kier molecular flexibility index (Phi) is 18.0. The van der Waals surface area contributed by atoms with Crippen molar-refractivity contribution in [2.75, 3.05) is 34.3 Å². The second-order valence-corrected chi connectivity index (χ2v) is 9.65. The first-order chi connectivity index (χ1) is 14.3. The zero-order valence-corrected chi connectivity index (χ0v) is 20.7. The molecular formula is C25H50NO4+. The van der Waals surface area contributed by atoms with Gasteiger partial charge in [-0.3, -0.25) is 9.59 Å². The van der Waals surface area contributed by atoms with Crippen LogP contribution in [-0.2, 0) is 19.1 Å². The van der Waals surface area contributed by atoms with Crippen LogP contribution in [0.2, 0.25) is 0 Å². The molecule has 0 fully saturated rings. The van der Waals surface area contributed by atoms with Crippen LogP contribution in [0.25, 0.3) is 0 Å². The fourth-order valence-electron chi connectivity index (χ4n) is 3.54. The quantitative estimate of drug-likeness (QED) is 0.135. The van der Waals surface area contributed by atoms with Gasteiger partial charge in [-0.15, -0.1) is 0 Å². The van der Waals surface area contributed by atoms with Crippen LogP contribution >= 0.6 is 0 Å². The summed E-state index contributed by atoms with van der Waals surface area (Å²) < 4.78 is 11.7. The Bertz CT molecular complexity index is 431. The maximum atomic E-state index is 12.2. The average Bonchev–Trinajstić information content (AvgIpc) is 2.65. The highest BCUT2D eigenvalue weighted by Gasteiger charge is 2.25. The van der Waals surface area contributed by atoms with E-state index in [1.54, 1.807) is 0 Å². The first kappa shape index (κ1) is 28.9. The molecule has 0 amide bonds. The van der Waals surface area contributed by atoms with Crippen molar-refractivity contribution in [1.29, 1.82) is 0 Å². The summed E-state index contributed by atoms with van der Waals surface area (Å²) in [5.74, 6) is -0.455. The van der Waals surface area contributed by atoms with Crippen molar-refractivity contribution in [2.24, 2.45) is 0 Å². The number of nitrogens with zero attached hydrogens (tertiary/aromatic N) is 1. The number of unbranched alkanes of at least 4 members (excludes halogenated alkanes) is 11. The molecule has 0 aromatic heterocycles. The molecule has 30 heavy (non-hydrogen) atoms. The van der Waals surface area contributed by atoms with E-state index in [4.69, 9.17) is 9.47 Å². The van der Waals surface area contributed by atoms with Crippen LogP contribution in [0.1, 0.15) is 110 Å². The van der Waals surface area contributed by atoms with Crippen LogP contribution in [-0.4, -0.2) is 56.8 Å². The molecule has 0 aromatic carbocycles. The van der Waals surface area contributed by atoms with E-state index in [1.807, 2.05) is 21.1 Å². The maximum absolute atomic E-state index is 12.2. The van der Waals surface area contributed by atoms with Gasteiger partial charge in [-0.1, -0.05) is 84.5 Å². The second kappa shape index (κ2) is 18.7. The summed E-state index contributed by atoms with van der Waals surface area (Å²) in [5, 5.41) is 0. The molecule has 0 aliphatic carbocycles. The molecule has 0 N–H and O–H groups in total. The standard InChI is InChI=1S/C25H50NO4/c1-6-8-10-12-13-14-15-16-18-20-29-25(28)21-23(22-26(3,4)5)30-24(27)19-17-11-9-7-2/h23H,6-22H2,1-5H3/q+1/t23-/m1/s1. The van der Waals surface area contributed by atoms with E-state index < -0.39 is 6.10 Å². The van der Waals surface area contributed by atoms with Crippen LogP contribution in [0.4, 0.5) is 0 Å². The first-order valence-electron chi connectivity index (χ1n) is 12.4. The minimum Gasteiger partial charge on any atom is -0.466 e. The zero-order chi connectivity index (χ0) is 22.7.